The highest BCUT2D eigenvalue weighted by atomic mass is 16.5. The lowest BCUT2D eigenvalue weighted by molar-refractivity contribution is 0.198. The van der Waals surface area contributed by atoms with E-state index in [0.717, 1.165) is 31.1 Å². The Labute approximate surface area is 79.1 Å². The van der Waals surface area contributed by atoms with Gasteiger partial charge in [-0.1, -0.05) is 6.07 Å². The van der Waals surface area contributed by atoms with Crippen LogP contribution < -0.4 is 5.32 Å². The van der Waals surface area contributed by atoms with Gasteiger partial charge >= 0.3 is 0 Å². The second-order valence-electron chi connectivity index (χ2n) is 2.94. The lowest BCUT2D eigenvalue weighted by atomic mass is 10.3. The SMILES string of the molecule is COCCCNc1cccc(C)n1. The fourth-order valence-corrected chi connectivity index (χ4v) is 1.07. The fourth-order valence-electron chi connectivity index (χ4n) is 1.07. The number of nitrogens with one attached hydrogen (secondary N) is 1. The van der Waals surface area contributed by atoms with Crippen molar-refractivity contribution >= 4 is 5.82 Å². The van der Waals surface area contributed by atoms with Gasteiger partial charge in [0.1, 0.15) is 5.82 Å². The molecule has 0 saturated carbocycles. The maximum atomic E-state index is 4.94. The highest BCUT2D eigenvalue weighted by molar-refractivity contribution is 5.34. The lowest BCUT2D eigenvalue weighted by Gasteiger charge is -2.04. The van der Waals surface area contributed by atoms with Crippen LogP contribution >= 0.6 is 0 Å². The lowest BCUT2D eigenvalue weighted by Crippen LogP contribution is -2.06. The van der Waals surface area contributed by atoms with Gasteiger partial charge in [-0.2, -0.15) is 0 Å². The Morgan fingerprint density at radius 2 is 2.31 bits per heavy atom. The second kappa shape index (κ2) is 5.54. The zero-order chi connectivity index (χ0) is 9.52. The van der Waals surface area contributed by atoms with Crippen LogP contribution in [0.4, 0.5) is 5.82 Å². The van der Waals surface area contributed by atoms with Crippen LogP contribution in [0.2, 0.25) is 0 Å². The molecule has 72 valence electrons. The van der Waals surface area contributed by atoms with Crippen molar-refractivity contribution in [3.63, 3.8) is 0 Å². The molecule has 3 heteroatoms. The summed E-state index contributed by atoms with van der Waals surface area (Å²) < 4.78 is 4.94. The molecule has 0 aromatic carbocycles. The topological polar surface area (TPSA) is 34.1 Å². The monoisotopic (exact) mass is 180 g/mol. The average Bonchev–Trinajstić information content (AvgIpc) is 2.13. The molecule has 0 atom stereocenters. The molecule has 0 saturated heterocycles. The predicted molar refractivity (Wildman–Crippen MR) is 54.0 cm³/mol. The highest BCUT2D eigenvalue weighted by Gasteiger charge is 1.92. The van der Waals surface area contributed by atoms with Gasteiger partial charge in [0.25, 0.3) is 0 Å². The van der Waals surface area contributed by atoms with Gasteiger partial charge < -0.3 is 10.1 Å². The molecule has 1 heterocycles. The predicted octanol–water partition coefficient (Wildman–Crippen LogP) is 1.84. The van der Waals surface area contributed by atoms with E-state index in [0.29, 0.717) is 0 Å². The largest absolute Gasteiger partial charge is 0.385 e. The number of anilines is 1. The van der Waals surface area contributed by atoms with E-state index in [-0.39, 0.29) is 0 Å². The molecule has 0 amide bonds. The molecule has 1 aromatic heterocycles. The molecule has 13 heavy (non-hydrogen) atoms. The van der Waals surface area contributed by atoms with E-state index in [2.05, 4.69) is 10.3 Å². The number of methoxy groups -OCH3 is 1. The van der Waals surface area contributed by atoms with Gasteiger partial charge in [0.15, 0.2) is 0 Å². The molecule has 1 aromatic rings. The van der Waals surface area contributed by atoms with Gasteiger partial charge in [0, 0.05) is 26.0 Å². The first-order valence-corrected chi connectivity index (χ1v) is 4.49. The Morgan fingerprint density at radius 1 is 1.46 bits per heavy atom. The van der Waals surface area contributed by atoms with Crippen LogP contribution in [-0.2, 0) is 4.74 Å². The van der Waals surface area contributed by atoms with Crippen molar-refractivity contribution in [2.24, 2.45) is 0 Å². The van der Waals surface area contributed by atoms with E-state index < -0.39 is 0 Å². The van der Waals surface area contributed by atoms with Gasteiger partial charge in [-0.25, -0.2) is 4.98 Å². The maximum Gasteiger partial charge on any atom is 0.126 e. The summed E-state index contributed by atoms with van der Waals surface area (Å²) >= 11 is 0. The number of hydrogen-bond donors (Lipinski definition) is 1. The maximum absolute atomic E-state index is 4.94. The summed E-state index contributed by atoms with van der Waals surface area (Å²) in [7, 11) is 1.71. The molecule has 0 unspecified atom stereocenters. The zero-order valence-corrected chi connectivity index (χ0v) is 8.21. The third kappa shape index (κ3) is 3.90. The quantitative estimate of drug-likeness (QED) is 0.702. The number of rotatable bonds is 5. The molecule has 0 spiro atoms. The Kier molecular flexibility index (Phi) is 4.26. The number of nitrogens with zero attached hydrogens (tertiary/aromatic N) is 1. The minimum atomic E-state index is 0.790. The molecular formula is C10H16N2O. The van der Waals surface area contributed by atoms with Crippen LogP contribution in [0.3, 0.4) is 0 Å². The summed E-state index contributed by atoms with van der Waals surface area (Å²) in [4.78, 5) is 4.32. The van der Waals surface area contributed by atoms with E-state index in [1.54, 1.807) is 7.11 Å². The van der Waals surface area contributed by atoms with Crippen molar-refractivity contribution in [3.8, 4) is 0 Å². The summed E-state index contributed by atoms with van der Waals surface area (Å²) in [6.07, 6.45) is 1.01. The molecular weight excluding hydrogens is 164 g/mol. The van der Waals surface area contributed by atoms with E-state index in [1.807, 2.05) is 25.1 Å². The first kappa shape index (κ1) is 9.99. The summed E-state index contributed by atoms with van der Waals surface area (Å²) in [5, 5.41) is 3.23. The molecule has 0 aliphatic rings. The summed E-state index contributed by atoms with van der Waals surface area (Å²) in [5.74, 6) is 0.941. The van der Waals surface area contributed by atoms with Crippen LogP contribution in [0, 0.1) is 6.92 Å². The zero-order valence-electron chi connectivity index (χ0n) is 8.21. The van der Waals surface area contributed by atoms with Crippen LogP contribution in [0.1, 0.15) is 12.1 Å². The molecule has 1 N–H and O–H groups in total. The van der Waals surface area contributed by atoms with E-state index in [9.17, 15) is 0 Å². The number of hydrogen-bond acceptors (Lipinski definition) is 3. The van der Waals surface area contributed by atoms with Crippen molar-refractivity contribution in [1.29, 1.82) is 0 Å². The van der Waals surface area contributed by atoms with Crippen LogP contribution in [0.25, 0.3) is 0 Å². The van der Waals surface area contributed by atoms with Gasteiger partial charge in [0.05, 0.1) is 0 Å². The molecule has 0 bridgehead atoms. The van der Waals surface area contributed by atoms with E-state index in [4.69, 9.17) is 4.74 Å². The number of aryl methyl sites for hydroxylation is 1. The smallest absolute Gasteiger partial charge is 0.126 e. The highest BCUT2D eigenvalue weighted by Crippen LogP contribution is 2.03. The summed E-state index contributed by atoms with van der Waals surface area (Å²) in [6, 6.07) is 5.96. The third-order valence-corrected chi connectivity index (χ3v) is 1.72. The third-order valence-electron chi connectivity index (χ3n) is 1.72. The molecule has 0 aliphatic carbocycles. The number of pyridine rings is 1. The van der Waals surface area contributed by atoms with E-state index >= 15 is 0 Å². The van der Waals surface area contributed by atoms with Crippen molar-refractivity contribution in [1.82, 2.24) is 4.98 Å². The van der Waals surface area contributed by atoms with Crippen molar-refractivity contribution in [3.05, 3.63) is 23.9 Å². The second-order valence-corrected chi connectivity index (χ2v) is 2.94. The van der Waals surface area contributed by atoms with Crippen LogP contribution in [0.5, 0.6) is 0 Å². The normalized spacial score (nSPS) is 10.0. The first-order chi connectivity index (χ1) is 6.33. The minimum Gasteiger partial charge on any atom is -0.385 e. The molecule has 0 fully saturated rings. The number of ether oxygens (including phenoxy) is 1. The standard InChI is InChI=1S/C10H16N2O/c1-9-5-3-6-10(12-9)11-7-4-8-13-2/h3,5-6H,4,7-8H2,1-2H3,(H,11,12). The van der Waals surface area contributed by atoms with E-state index in [1.165, 1.54) is 0 Å². The van der Waals surface area contributed by atoms with Gasteiger partial charge in [-0.05, 0) is 25.5 Å². The summed E-state index contributed by atoms with van der Waals surface area (Å²) in [5.41, 5.74) is 1.04. The van der Waals surface area contributed by atoms with Crippen molar-refractivity contribution in [2.75, 3.05) is 25.6 Å². The Balaban J connectivity index is 2.28. The molecule has 3 nitrogen and oxygen atoms in total. The Bertz CT molecular complexity index is 250. The van der Waals surface area contributed by atoms with Crippen LogP contribution in [0.15, 0.2) is 18.2 Å². The Morgan fingerprint density at radius 3 is 3.00 bits per heavy atom. The molecule has 1 rings (SSSR count). The first-order valence-electron chi connectivity index (χ1n) is 4.49. The van der Waals surface area contributed by atoms with Gasteiger partial charge in [-0.3, -0.25) is 0 Å². The molecule has 0 aliphatic heterocycles. The van der Waals surface area contributed by atoms with Crippen molar-refractivity contribution in [2.45, 2.75) is 13.3 Å². The van der Waals surface area contributed by atoms with Gasteiger partial charge in [0.2, 0.25) is 0 Å². The molecule has 0 radical (unpaired) electrons. The fraction of sp³-hybridized carbons (Fsp3) is 0.500. The van der Waals surface area contributed by atoms with Crippen molar-refractivity contribution < 1.29 is 4.74 Å². The van der Waals surface area contributed by atoms with Gasteiger partial charge in [-0.15, -0.1) is 0 Å². The summed E-state index contributed by atoms with van der Waals surface area (Å²) in [6.45, 7) is 3.68. The van der Waals surface area contributed by atoms with Crippen LogP contribution in [-0.4, -0.2) is 25.2 Å². The number of aromatic nitrogens is 1. The Hall–Kier alpha value is -1.09. The average molecular weight is 180 g/mol. The minimum absolute atomic E-state index is 0.790.